The molecule has 0 amide bonds. The normalized spacial score (nSPS) is 10.5. The number of carbonyl (C=O) groups is 1. The molecule has 0 saturated carbocycles. The lowest BCUT2D eigenvalue weighted by molar-refractivity contribution is 0.0600. The average molecular weight is 331 g/mol. The van der Waals surface area contributed by atoms with Crippen molar-refractivity contribution >= 4 is 29.2 Å². The van der Waals surface area contributed by atoms with Gasteiger partial charge in [-0.1, -0.05) is 23.2 Å². The highest BCUT2D eigenvalue weighted by Crippen LogP contribution is 2.29. The Balaban J connectivity index is 2.54. The summed E-state index contributed by atoms with van der Waals surface area (Å²) in [5, 5.41) is 3.01. The summed E-state index contributed by atoms with van der Waals surface area (Å²) >= 11 is 12.2. The monoisotopic (exact) mass is 330 g/mol. The van der Waals surface area contributed by atoms with E-state index in [4.69, 9.17) is 27.9 Å². The van der Waals surface area contributed by atoms with Gasteiger partial charge < -0.3 is 9.47 Å². The van der Waals surface area contributed by atoms with E-state index < -0.39 is 5.97 Å². The van der Waals surface area contributed by atoms with Gasteiger partial charge in [0.15, 0.2) is 0 Å². The molecule has 0 bridgehead atoms. The third-order valence-electron chi connectivity index (χ3n) is 2.66. The zero-order valence-electron chi connectivity index (χ0n) is 11.3. The Morgan fingerprint density at radius 3 is 2.43 bits per heavy atom. The number of aromatic amines is 1. The molecule has 2 aromatic rings. The van der Waals surface area contributed by atoms with Crippen molar-refractivity contribution in [3.8, 4) is 11.6 Å². The van der Waals surface area contributed by atoms with Gasteiger partial charge >= 0.3 is 5.97 Å². The lowest BCUT2D eigenvalue weighted by Gasteiger charge is -2.09. The minimum absolute atomic E-state index is 0.134. The van der Waals surface area contributed by atoms with Gasteiger partial charge in [-0.2, -0.15) is 0 Å². The number of esters is 1. The van der Waals surface area contributed by atoms with Gasteiger partial charge in [0.2, 0.25) is 5.88 Å². The zero-order chi connectivity index (χ0) is 15.6. The summed E-state index contributed by atoms with van der Waals surface area (Å²) in [4.78, 5) is 23.4. The largest absolute Gasteiger partial charge is 0.478 e. The molecule has 0 radical (unpaired) electrons. The number of nitrogens with zero attached hydrogens (tertiary/aromatic N) is 1. The van der Waals surface area contributed by atoms with E-state index >= 15 is 0 Å². The van der Waals surface area contributed by atoms with Gasteiger partial charge in [-0.3, -0.25) is 9.89 Å². The van der Waals surface area contributed by atoms with Crippen LogP contribution in [0.5, 0.6) is 5.88 Å². The summed E-state index contributed by atoms with van der Waals surface area (Å²) in [6.07, 6.45) is 0. The highest BCUT2D eigenvalue weighted by molar-refractivity contribution is 6.38. The quantitative estimate of drug-likeness (QED) is 0.874. The summed E-state index contributed by atoms with van der Waals surface area (Å²) in [6, 6.07) is 4.04. The van der Waals surface area contributed by atoms with Crippen LogP contribution in [-0.4, -0.2) is 29.5 Å². The topological polar surface area (TPSA) is 73.3 Å². The van der Waals surface area contributed by atoms with E-state index in [1.54, 1.807) is 6.92 Å². The van der Waals surface area contributed by atoms with E-state index in [0.29, 0.717) is 12.5 Å². The van der Waals surface area contributed by atoms with E-state index in [1.165, 1.54) is 25.3 Å². The third kappa shape index (κ3) is 3.06. The Morgan fingerprint density at radius 2 is 1.90 bits per heavy atom. The summed E-state index contributed by atoms with van der Waals surface area (Å²) in [6.45, 7) is 2.20. The lowest BCUT2D eigenvalue weighted by atomic mass is 10.2. The molecule has 6 nitrogen and oxygen atoms in total. The fourth-order valence-electron chi connectivity index (χ4n) is 1.78. The van der Waals surface area contributed by atoms with Crippen LogP contribution in [0.4, 0.5) is 0 Å². The Kier molecular flexibility index (Phi) is 4.59. The molecule has 1 aromatic heterocycles. The predicted molar refractivity (Wildman–Crippen MR) is 78.9 cm³/mol. The second-order valence-electron chi connectivity index (χ2n) is 4.01. The second kappa shape index (κ2) is 6.24. The molecule has 2 rings (SSSR count). The lowest BCUT2D eigenvalue weighted by Crippen LogP contribution is -2.15. The first-order chi connectivity index (χ1) is 9.97. The maximum Gasteiger partial charge on any atom is 0.337 e. The number of ether oxygens (including phenoxy) is 2. The van der Waals surface area contributed by atoms with Crippen LogP contribution in [-0.2, 0) is 4.74 Å². The number of aromatic nitrogens is 2. The van der Waals surface area contributed by atoms with Crippen LogP contribution >= 0.6 is 23.2 Å². The summed E-state index contributed by atoms with van der Waals surface area (Å²) in [7, 11) is 1.25. The number of hydrogen-bond acceptors (Lipinski definition) is 4. The van der Waals surface area contributed by atoms with E-state index in [0.717, 1.165) is 4.68 Å². The van der Waals surface area contributed by atoms with Gasteiger partial charge in [-0.05, 0) is 19.1 Å². The number of benzene rings is 1. The molecule has 0 aliphatic heterocycles. The van der Waals surface area contributed by atoms with Gasteiger partial charge in [0.25, 0.3) is 5.56 Å². The van der Waals surface area contributed by atoms with Crippen molar-refractivity contribution in [3.05, 3.63) is 44.2 Å². The van der Waals surface area contributed by atoms with Crippen molar-refractivity contribution in [1.82, 2.24) is 9.78 Å². The molecule has 112 valence electrons. The van der Waals surface area contributed by atoms with Gasteiger partial charge in [0.05, 0.1) is 35.4 Å². The van der Waals surface area contributed by atoms with Gasteiger partial charge in [-0.25, -0.2) is 9.48 Å². The molecule has 0 spiro atoms. The molecule has 1 N–H and O–H groups in total. The van der Waals surface area contributed by atoms with Crippen molar-refractivity contribution < 1.29 is 14.3 Å². The molecule has 0 atom stereocenters. The minimum Gasteiger partial charge on any atom is -0.478 e. The Labute approximate surface area is 130 Å². The molecule has 1 heterocycles. The van der Waals surface area contributed by atoms with Gasteiger partial charge in [0, 0.05) is 0 Å². The Morgan fingerprint density at radius 1 is 1.29 bits per heavy atom. The van der Waals surface area contributed by atoms with Crippen molar-refractivity contribution in [2.24, 2.45) is 0 Å². The number of carbonyl (C=O) groups excluding carboxylic acids is 1. The predicted octanol–water partition coefficient (Wildman–Crippen LogP) is 2.66. The number of nitrogens with one attached hydrogen (secondary N) is 1. The van der Waals surface area contributed by atoms with Crippen molar-refractivity contribution in [1.29, 1.82) is 0 Å². The maximum absolute atomic E-state index is 11.9. The number of rotatable bonds is 4. The first-order valence-electron chi connectivity index (χ1n) is 6.00. The maximum atomic E-state index is 11.9. The van der Waals surface area contributed by atoms with Crippen LogP contribution in [0.2, 0.25) is 10.0 Å². The molecule has 8 heteroatoms. The smallest absolute Gasteiger partial charge is 0.337 e. The molecular formula is C13H12Cl2N2O4. The van der Waals surface area contributed by atoms with Crippen molar-refractivity contribution in [2.75, 3.05) is 13.7 Å². The van der Waals surface area contributed by atoms with E-state index in [-0.39, 0.29) is 26.9 Å². The zero-order valence-corrected chi connectivity index (χ0v) is 12.8. The molecule has 0 aliphatic carbocycles. The van der Waals surface area contributed by atoms with Crippen LogP contribution in [0.3, 0.4) is 0 Å². The molecule has 1 aromatic carbocycles. The first-order valence-corrected chi connectivity index (χ1v) is 6.76. The number of halogens is 2. The highest BCUT2D eigenvalue weighted by atomic mass is 35.5. The standard InChI is InChI=1S/C13H12Cl2N2O4/c1-3-21-10-6-11(18)17(16-10)12-8(14)4-7(5-9(12)15)13(19)20-2/h4-6,16H,3H2,1-2H3. The molecular weight excluding hydrogens is 319 g/mol. The fraction of sp³-hybridized carbons (Fsp3) is 0.231. The fourth-order valence-corrected chi connectivity index (χ4v) is 2.44. The van der Waals surface area contributed by atoms with Crippen LogP contribution in [0.1, 0.15) is 17.3 Å². The molecule has 21 heavy (non-hydrogen) atoms. The summed E-state index contributed by atoms with van der Waals surface area (Å²) in [5.41, 5.74) is 0.0518. The first kappa shape index (κ1) is 15.5. The number of methoxy groups -OCH3 is 1. The molecule has 0 unspecified atom stereocenters. The average Bonchev–Trinajstić information content (AvgIpc) is 2.78. The van der Waals surface area contributed by atoms with E-state index in [9.17, 15) is 9.59 Å². The Bertz CT molecular complexity index is 713. The van der Waals surface area contributed by atoms with Crippen LogP contribution in [0.25, 0.3) is 5.69 Å². The van der Waals surface area contributed by atoms with E-state index in [2.05, 4.69) is 9.84 Å². The SMILES string of the molecule is CCOc1cc(=O)n(-c2c(Cl)cc(C(=O)OC)cc2Cl)[nH]1. The van der Waals surface area contributed by atoms with Crippen molar-refractivity contribution in [3.63, 3.8) is 0 Å². The van der Waals surface area contributed by atoms with Crippen LogP contribution in [0.15, 0.2) is 23.0 Å². The van der Waals surface area contributed by atoms with Crippen LogP contribution in [0, 0.1) is 0 Å². The Hall–Kier alpha value is -1.92. The summed E-state index contributed by atoms with van der Waals surface area (Å²) in [5.74, 6) is -0.272. The molecule has 0 saturated heterocycles. The van der Waals surface area contributed by atoms with Gasteiger partial charge in [0.1, 0.15) is 5.69 Å². The molecule has 0 aliphatic rings. The third-order valence-corrected chi connectivity index (χ3v) is 3.23. The minimum atomic E-state index is -0.570. The summed E-state index contributed by atoms with van der Waals surface area (Å²) < 4.78 is 11.0. The molecule has 0 fully saturated rings. The van der Waals surface area contributed by atoms with Crippen molar-refractivity contribution in [2.45, 2.75) is 6.92 Å². The van der Waals surface area contributed by atoms with E-state index in [1.807, 2.05) is 0 Å². The highest BCUT2D eigenvalue weighted by Gasteiger charge is 2.17. The van der Waals surface area contributed by atoms with Gasteiger partial charge in [-0.15, -0.1) is 0 Å². The number of hydrogen-bond donors (Lipinski definition) is 1. The second-order valence-corrected chi connectivity index (χ2v) is 4.82. The van der Waals surface area contributed by atoms with Crippen LogP contribution < -0.4 is 10.3 Å². The number of H-pyrrole nitrogens is 1.